The van der Waals surface area contributed by atoms with Crippen LogP contribution in [0.3, 0.4) is 0 Å². The molecule has 1 unspecified atom stereocenters. The summed E-state index contributed by atoms with van der Waals surface area (Å²) in [6, 6.07) is 10.8. The highest BCUT2D eigenvalue weighted by atomic mass is 32.2. The Morgan fingerprint density at radius 2 is 1.94 bits per heavy atom. The number of anilines is 2. The first-order valence-electron chi connectivity index (χ1n) is 10.0. The van der Waals surface area contributed by atoms with Crippen LogP contribution in [0, 0.1) is 0 Å². The normalized spacial score (nSPS) is 14.0. The molecule has 0 aliphatic carbocycles. The number of amides is 2. The van der Waals surface area contributed by atoms with E-state index in [4.69, 9.17) is 9.47 Å². The van der Waals surface area contributed by atoms with Gasteiger partial charge in [-0.1, -0.05) is 6.08 Å². The lowest BCUT2D eigenvalue weighted by Gasteiger charge is -2.29. The number of hydrogen-bond donors (Lipinski definition) is 1. The highest BCUT2D eigenvalue weighted by Gasteiger charge is 2.32. The van der Waals surface area contributed by atoms with E-state index >= 15 is 0 Å². The van der Waals surface area contributed by atoms with Gasteiger partial charge in [0.1, 0.15) is 22.5 Å². The van der Waals surface area contributed by atoms with Crippen LogP contribution in [0.1, 0.15) is 17.3 Å². The topological polar surface area (TPSA) is 119 Å². The molecule has 0 saturated heterocycles. The summed E-state index contributed by atoms with van der Waals surface area (Å²) in [5, 5.41) is 1.03. The van der Waals surface area contributed by atoms with Gasteiger partial charge in [0.2, 0.25) is 5.91 Å². The van der Waals surface area contributed by atoms with E-state index in [-0.39, 0.29) is 24.6 Å². The van der Waals surface area contributed by atoms with Gasteiger partial charge in [-0.3, -0.25) is 14.4 Å². The second-order valence-corrected chi connectivity index (χ2v) is 9.68. The number of nitrogens with one attached hydrogen (secondary N) is 1. The summed E-state index contributed by atoms with van der Waals surface area (Å²) in [5.74, 6) is -1.62. The van der Waals surface area contributed by atoms with Gasteiger partial charge in [0.05, 0.1) is 12.8 Å². The van der Waals surface area contributed by atoms with Gasteiger partial charge in [-0.15, -0.1) is 6.58 Å². The van der Waals surface area contributed by atoms with E-state index in [0.717, 1.165) is 0 Å². The second kappa shape index (κ2) is 9.86. The third-order valence-electron chi connectivity index (χ3n) is 5.11. The molecule has 3 rings (SSSR count). The average molecular weight is 473 g/mol. The summed E-state index contributed by atoms with van der Waals surface area (Å²) < 4.78 is 35.9. The van der Waals surface area contributed by atoms with E-state index in [0.29, 0.717) is 22.9 Å². The number of benzene rings is 2. The Bertz CT molecular complexity index is 1190. The molecule has 1 aliphatic rings. The summed E-state index contributed by atoms with van der Waals surface area (Å²) in [5.41, 5.74) is 0.850. The van der Waals surface area contributed by atoms with E-state index in [2.05, 4.69) is 11.9 Å². The third kappa shape index (κ3) is 5.40. The Morgan fingerprint density at radius 3 is 2.58 bits per heavy atom. The molecule has 2 aromatic rings. The van der Waals surface area contributed by atoms with E-state index in [9.17, 15) is 22.8 Å². The van der Waals surface area contributed by atoms with Crippen molar-refractivity contribution in [2.75, 3.05) is 36.2 Å². The molecule has 0 saturated carbocycles. The van der Waals surface area contributed by atoms with Gasteiger partial charge in [-0.2, -0.15) is 0 Å². The zero-order chi connectivity index (χ0) is 24.2. The molecule has 1 heterocycles. The molecule has 0 aromatic heterocycles. The SMILES string of the molecule is C=CCN1C(=O)COc2ccc(C(=O)C(C)S(=O)(=O)CC(=O)Nc3ccc(OC)cc3)cc21. The molecule has 174 valence electrons. The molecule has 2 amide bonds. The van der Waals surface area contributed by atoms with E-state index < -0.39 is 32.5 Å². The molecule has 2 aromatic carbocycles. The number of hydrogen-bond acceptors (Lipinski definition) is 7. The molecular weight excluding hydrogens is 448 g/mol. The first-order valence-corrected chi connectivity index (χ1v) is 11.8. The highest BCUT2D eigenvalue weighted by molar-refractivity contribution is 7.93. The predicted octanol–water partition coefficient (Wildman–Crippen LogP) is 2.23. The number of ether oxygens (including phenoxy) is 2. The number of Topliss-reactive ketones (excluding diaryl/α,β-unsaturated/α-hetero) is 1. The molecule has 0 fully saturated rings. The van der Waals surface area contributed by atoms with Crippen LogP contribution in [-0.2, 0) is 19.4 Å². The van der Waals surface area contributed by atoms with Crippen LogP contribution in [0.2, 0.25) is 0 Å². The number of sulfone groups is 1. The van der Waals surface area contributed by atoms with Crippen molar-refractivity contribution in [1.29, 1.82) is 0 Å². The molecule has 10 heteroatoms. The molecule has 33 heavy (non-hydrogen) atoms. The lowest BCUT2D eigenvalue weighted by Crippen LogP contribution is -2.39. The summed E-state index contributed by atoms with van der Waals surface area (Å²) >= 11 is 0. The minimum atomic E-state index is -4.11. The van der Waals surface area contributed by atoms with Crippen LogP contribution in [0.25, 0.3) is 0 Å². The highest BCUT2D eigenvalue weighted by Crippen LogP contribution is 2.33. The third-order valence-corrected chi connectivity index (χ3v) is 7.07. The van der Waals surface area contributed by atoms with Gasteiger partial charge in [0.15, 0.2) is 22.2 Å². The molecule has 1 aliphatic heterocycles. The van der Waals surface area contributed by atoms with Gasteiger partial charge in [-0.05, 0) is 49.4 Å². The molecule has 1 atom stereocenters. The van der Waals surface area contributed by atoms with Gasteiger partial charge in [-0.25, -0.2) is 8.42 Å². The number of fused-ring (bicyclic) bond motifs is 1. The Morgan fingerprint density at radius 1 is 1.24 bits per heavy atom. The fraction of sp³-hybridized carbons (Fsp3) is 0.261. The maximum Gasteiger partial charge on any atom is 0.265 e. The predicted molar refractivity (Wildman–Crippen MR) is 124 cm³/mol. The fourth-order valence-electron chi connectivity index (χ4n) is 3.26. The number of carbonyl (C=O) groups is 3. The van der Waals surface area contributed by atoms with Crippen molar-refractivity contribution in [3.63, 3.8) is 0 Å². The fourth-order valence-corrected chi connectivity index (χ4v) is 4.41. The molecule has 0 bridgehead atoms. The van der Waals surface area contributed by atoms with Gasteiger partial charge < -0.3 is 19.7 Å². The van der Waals surface area contributed by atoms with E-state index in [1.807, 2.05) is 0 Å². The van der Waals surface area contributed by atoms with Gasteiger partial charge in [0.25, 0.3) is 5.91 Å². The molecule has 0 spiro atoms. The largest absolute Gasteiger partial charge is 0.497 e. The quantitative estimate of drug-likeness (QED) is 0.439. The maximum absolute atomic E-state index is 12.9. The Kier molecular flexibility index (Phi) is 7.17. The van der Waals surface area contributed by atoms with Crippen LogP contribution < -0.4 is 19.7 Å². The van der Waals surface area contributed by atoms with E-state index in [1.54, 1.807) is 24.3 Å². The Labute approximate surface area is 191 Å². The van der Waals surface area contributed by atoms with Crippen molar-refractivity contribution in [2.24, 2.45) is 0 Å². The number of carbonyl (C=O) groups excluding carboxylic acids is 3. The Hall–Kier alpha value is -3.66. The van der Waals surface area contributed by atoms with Crippen molar-refractivity contribution in [1.82, 2.24) is 0 Å². The van der Waals surface area contributed by atoms with Gasteiger partial charge in [0, 0.05) is 17.8 Å². The van der Waals surface area contributed by atoms with Crippen molar-refractivity contribution in [3.8, 4) is 11.5 Å². The van der Waals surface area contributed by atoms with Crippen molar-refractivity contribution in [3.05, 3.63) is 60.7 Å². The summed E-state index contributed by atoms with van der Waals surface area (Å²) in [4.78, 5) is 38.8. The van der Waals surface area contributed by atoms with E-state index in [1.165, 1.54) is 43.2 Å². The first-order chi connectivity index (χ1) is 15.7. The number of rotatable bonds is 9. The smallest absolute Gasteiger partial charge is 0.265 e. The molecular formula is C23H24N2O7S. The van der Waals surface area contributed by atoms with Crippen molar-refractivity contribution >= 4 is 38.8 Å². The number of methoxy groups -OCH3 is 1. The zero-order valence-corrected chi connectivity index (χ0v) is 19.1. The van der Waals surface area contributed by atoms with Crippen LogP contribution in [0.5, 0.6) is 11.5 Å². The lowest BCUT2D eigenvalue weighted by atomic mass is 10.1. The summed E-state index contributed by atoms with van der Waals surface area (Å²) in [7, 11) is -2.61. The molecule has 9 nitrogen and oxygen atoms in total. The van der Waals surface area contributed by atoms with Crippen molar-refractivity contribution in [2.45, 2.75) is 12.2 Å². The minimum absolute atomic E-state index is 0.0905. The van der Waals surface area contributed by atoms with Crippen LogP contribution in [-0.4, -0.2) is 57.3 Å². The summed E-state index contributed by atoms with van der Waals surface area (Å²) in [6.45, 7) is 4.94. The average Bonchev–Trinajstić information content (AvgIpc) is 2.79. The number of ketones is 1. The maximum atomic E-state index is 12.9. The summed E-state index contributed by atoms with van der Waals surface area (Å²) in [6.07, 6.45) is 1.54. The zero-order valence-electron chi connectivity index (χ0n) is 18.2. The second-order valence-electron chi connectivity index (χ2n) is 7.35. The first kappa shape index (κ1) is 24.0. The van der Waals surface area contributed by atoms with Crippen LogP contribution in [0.15, 0.2) is 55.1 Å². The van der Waals surface area contributed by atoms with Gasteiger partial charge >= 0.3 is 0 Å². The standard InChI is InChI=1S/C23H24N2O7S/c1-4-11-25-19-12-16(5-10-20(19)32-13-22(25)27)23(28)15(2)33(29,30)14-21(26)24-17-6-8-18(31-3)9-7-17/h4-10,12,15H,1,11,13-14H2,2-3H3,(H,24,26). The minimum Gasteiger partial charge on any atom is -0.497 e. The number of nitrogens with zero attached hydrogens (tertiary/aromatic N) is 1. The van der Waals surface area contributed by atoms with Crippen LogP contribution >= 0.6 is 0 Å². The lowest BCUT2D eigenvalue weighted by molar-refractivity contribution is -0.121. The van der Waals surface area contributed by atoms with Crippen molar-refractivity contribution < 1.29 is 32.3 Å². The van der Waals surface area contributed by atoms with Crippen LogP contribution in [0.4, 0.5) is 11.4 Å². The monoisotopic (exact) mass is 472 g/mol. The molecule has 1 N–H and O–H groups in total. The molecule has 0 radical (unpaired) electrons. The Balaban J connectivity index is 1.74.